The summed E-state index contributed by atoms with van der Waals surface area (Å²) in [7, 11) is 0. The Morgan fingerprint density at radius 3 is 2.40 bits per heavy atom. The minimum atomic E-state index is -0.453. The number of hydrogen-bond acceptors (Lipinski definition) is 4. The molecule has 0 aromatic carbocycles. The van der Waals surface area contributed by atoms with Crippen molar-refractivity contribution in [1.29, 1.82) is 0 Å². The Morgan fingerprint density at radius 1 is 1.07 bits per heavy atom. The highest BCUT2D eigenvalue weighted by Gasteiger charge is 2.06. The quantitative estimate of drug-likeness (QED) is 0.380. The molecular formula is C11H21NO3. The van der Waals surface area contributed by atoms with E-state index in [1.807, 2.05) is 0 Å². The van der Waals surface area contributed by atoms with Gasteiger partial charge in [-0.15, -0.1) is 0 Å². The third-order valence-electron chi connectivity index (χ3n) is 1.98. The third-order valence-corrected chi connectivity index (χ3v) is 1.98. The van der Waals surface area contributed by atoms with Gasteiger partial charge in [-0.2, -0.15) is 0 Å². The second-order valence-electron chi connectivity index (χ2n) is 3.41. The topological polar surface area (TPSA) is 55.4 Å². The fraction of sp³-hybridized carbons (Fsp3) is 0.818. The normalized spacial score (nSPS) is 10.0. The average molecular weight is 215 g/mol. The molecule has 0 saturated heterocycles. The van der Waals surface area contributed by atoms with E-state index in [-0.39, 0.29) is 12.8 Å². The van der Waals surface area contributed by atoms with Gasteiger partial charge in [0.25, 0.3) is 0 Å². The Kier molecular flexibility index (Phi) is 9.07. The molecule has 0 saturated carbocycles. The Morgan fingerprint density at radius 2 is 1.80 bits per heavy atom. The molecule has 4 heteroatoms. The smallest absolute Gasteiger partial charge is 0.314 e. The van der Waals surface area contributed by atoms with E-state index in [2.05, 4.69) is 17.0 Å². The van der Waals surface area contributed by atoms with Gasteiger partial charge in [0, 0.05) is 13.0 Å². The number of ether oxygens (including phenoxy) is 1. The van der Waals surface area contributed by atoms with E-state index in [4.69, 9.17) is 0 Å². The molecule has 0 radical (unpaired) electrons. The summed E-state index contributed by atoms with van der Waals surface area (Å²) in [6, 6.07) is 0. The summed E-state index contributed by atoms with van der Waals surface area (Å²) >= 11 is 0. The van der Waals surface area contributed by atoms with Crippen LogP contribution in [0.1, 0.15) is 46.0 Å². The summed E-state index contributed by atoms with van der Waals surface area (Å²) in [6.45, 7) is 5.31. The van der Waals surface area contributed by atoms with Gasteiger partial charge in [0.2, 0.25) is 0 Å². The zero-order valence-electron chi connectivity index (χ0n) is 9.67. The first kappa shape index (κ1) is 14.1. The third kappa shape index (κ3) is 9.41. The highest BCUT2D eigenvalue weighted by atomic mass is 16.6. The minimum absolute atomic E-state index is 0.246. The van der Waals surface area contributed by atoms with Gasteiger partial charge < -0.3 is 10.1 Å². The number of unbranched alkanes of at least 4 members (excludes halogenated alkanes) is 2. The van der Waals surface area contributed by atoms with E-state index in [0.717, 1.165) is 13.0 Å². The van der Waals surface area contributed by atoms with Crippen LogP contribution < -0.4 is 5.32 Å². The number of hydrogen-bond donors (Lipinski definition) is 1. The second kappa shape index (κ2) is 9.65. The lowest BCUT2D eigenvalue weighted by molar-refractivity contribution is -0.159. The number of carbonyl (C=O) groups excluding carboxylic acids is 2. The van der Waals surface area contributed by atoms with Crippen LogP contribution in [-0.2, 0) is 14.3 Å². The van der Waals surface area contributed by atoms with Gasteiger partial charge in [0.15, 0.2) is 0 Å². The minimum Gasteiger partial charge on any atom is -0.393 e. The van der Waals surface area contributed by atoms with Gasteiger partial charge in [-0.3, -0.25) is 9.59 Å². The van der Waals surface area contributed by atoms with Crippen molar-refractivity contribution in [3.8, 4) is 0 Å². The molecule has 0 unspecified atom stereocenters. The van der Waals surface area contributed by atoms with Crippen molar-refractivity contribution in [2.24, 2.45) is 0 Å². The molecule has 0 aromatic rings. The molecule has 88 valence electrons. The van der Waals surface area contributed by atoms with Crippen molar-refractivity contribution < 1.29 is 14.3 Å². The summed E-state index contributed by atoms with van der Waals surface area (Å²) in [5, 5.41) is 3.13. The molecular weight excluding hydrogens is 194 g/mol. The summed E-state index contributed by atoms with van der Waals surface area (Å²) in [4.78, 5) is 21.8. The Hall–Kier alpha value is -0.900. The SMILES string of the molecule is CCCCCNCCC(=O)OC(=O)CC. The maximum Gasteiger partial charge on any atom is 0.314 e. The molecule has 0 atom stereocenters. The zero-order valence-corrected chi connectivity index (χ0v) is 9.67. The van der Waals surface area contributed by atoms with Crippen LogP contribution in [0, 0.1) is 0 Å². The first-order valence-corrected chi connectivity index (χ1v) is 5.64. The molecule has 4 nitrogen and oxygen atoms in total. The van der Waals surface area contributed by atoms with Crippen LogP contribution in [-0.4, -0.2) is 25.0 Å². The maximum absolute atomic E-state index is 11.0. The number of nitrogens with one attached hydrogen (secondary N) is 1. The standard InChI is InChI=1S/C11H21NO3/c1-3-5-6-8-12-9-7-11(14)15-10(13)4-2/h12H,3-9H2,1-2H3. The van der Waals surface area contributed by atoms with Crippen LogP contribution in [0.15, 0.2) is 0 Å². The molecule has 15 heavy (non-hydrogen) atoms. The van der Waals surface area contributed by atoms with Crippen LogP contribution in [0.2, 0.25) is 0 Å². The van der Waals surface area contributed by atoms with E-state index in [0.29, 0.717) is 6.54 Å². The van der Waals surface area contributed by atoms with Gasteiger partial charge in [-0.25, -0.2) is 0 Å². The van der Waals surface area contributed by atoms with Gasteiger partial charge >= 0.3 is 11.9 Å². The summed E-state index contributed by atoms with van der Waals surface area (Å²) in [5.74, 6) is -0.893. The molecule has 0 spiro atoms. The van der Waals surface area contributed by atoms with E-state index >= 15 is 0 Å². The van der Waals surface area contributed by atoms with Gasteiger partial charge in [-0.05, 0) is 13.0 Å². The molecule has 0 aliphatic heterocycles. The van der Waals surface area contributed by atoms with Crippen LogP contribution >= 0.6 is 0 Å². The predicted molar refractivity (Wildman–Crippen MR) is 58.4 cm³/mol. The molecule has 0 fully saturated rings. The van der Waals surface area contributed by atoms with Gasteiger partial charge in [-0.1, -0.05) is 26.7 Å². The number of carbonyl (C=O) groups is 2. The van der Waals surface area contributed by atoms with E-state index in [1.54, 1.807) is 6.92 Å². The monoisotopic (exact) mass is 215 g/mol. The zero-order chi connectivity index (χ0) is 11.5. The van der Waals surface area contributed by atoms with Crippen LogP contribution in [0.5, 0.6) is 0 Å². The van der Waals surface area contributed by atoms with Crippen molar-refractivity contribution in [2.45, 2.75) is 46.0 Å². The highest BCUT2D eigenvalue weighted by molar-refractivity contribution is 5.85. The van der Waals surface area contributed by atoms with Crippen LogP contribution in [0.4, 0.5) is 0 Å². The lowest BCUT2D eigenvalue weighted by atomic mass is 10.2. The summed E-state index contributed by atoms with van der Waals surface area (Å²) < 4.78 is 4.51. The van der Waals surface area contributed by atoms with Crippen molar-refractivity contribution >= 4 is 11.9 Å². The Labute approximate surface area is 91.4 Å². The second-order valence-corrected chi connectivity index (χ2v) is 3.41. The lowest BCUT2D eigenvalue weighted by Gasteiger charge is -2.03. The number of rotatable bonds is 8. The van der Waals surface area contributed by atoms with Gasteiger partial charge in [0.1, 0.15) is 0 Å². The average Bonchev–Trinajstić information content (AvgIpc) is 2.23. The lowest BCUT2D eigenvalue weighted by Crippen LogP contribution is -2.21. The van der Waals surface area contributed by atoms with Crippen molar-refractivity contribution in [1.82, 2.24) is 5.32 Å². The van der Waals surface area contributed by atoms with Crippen LogP contribution in [0.3, 0.4) is 0 Å². The summed E-state index contributed by atoms with van der Waals surface area (Å²) in [5.41, 5.74) is 0. The highest BCUT2D eigenvalue weighted by Crippen LogP contribution is 1.92. The molecule has 0 heterocycles. The largest absolute Gasteiger partial charge is 0.393 e. The van der Waals surface area contributed by atoms with Crippen molar-refractivity contribution in [2.75, 3.05) is 13.1 Å². The number of esters is 2. The molecule has 0 amide bonds. The Bertz CT molecular complexity index is 192. The molecule has 1 N–H and O–H groups in total. The fourth-order valence-corrected chi connectivity index (χ4v) is 1.07. The molecule has 0 rings (SSSR count). The van der Waals surface area contributed by atoms with E-state index in [1.165, 1.54) is 12.8 Å². The van der Waals surface area contributed by atoms with Crippen molar-refractivity contribution in [3.05, 3.63) is 0 Å². The molecule has 0 aliphatic rings. The van der Waals surface area contributed by atoms with E-state index in [9.17, 15) is 9.59 Å². The van der Waals surface area contributed by atoms with Gasteiger partial charge in [0.05, 0.1) is 6.42 Å². The van der Waals surface area contributed by atoms with Crippen molar-refractivity contribution in [3.63, 3.8) is 0 Å². The first-order chi connectivity index (χ1) is 7.20. The molecule has 0 aromatic heterocycles. The Balaban J connectivity index is 3.28. The predicted octanol–water partition coefficient (Wildman–Crippen LogP) is 1.64. The molecule has 0 aliphatic carbocycles. The van der Waals surface area contributed by atoms with E-state index < -0.39 is 11.9 Å². The van der Waals surface area contributed by atoms with Crippen LogP contribution in [0.25, 0.3) is 0 Å². The first-order valence-electron chi connectivity index (χ1n) is 5.64. The maximum atomic E-state index is 11.0. The summed E-state index contributed by atoms with van der Waals surface area (Å²) in [6.07, 6.45) is 4.02. The molecule has 0 bridgehead atoms. The fourth-order valence-electron chi connectivity index (χ4n) is 1.07.